The third kappa shape index (κ3) is 3.95. The summed E-state index contributed by atoms with van der Waals surface area (Å²) in [6.07, 6.45) is 0. The van der Waals surface area contributed by atoms with Crippen LogP contribution in [-0.2, 0) is 6.61 Å². The van der Waals surface area contributed by atoms with Crippen molar-refractivity contribution >= 4 is 5.97 Å². The van der Waals surface area contributed by atoms with Gasteiger partial charge in [-0.1, -0.05) is 12.1 Å². The first-order chi connectivity index (χ1) is 10.1. The second kappa shape index (κ2) is 6.74. The first-order valence-corrected chi connectivity index (χ1v) is 6.47. The molecule has 0 spiro atoms. The van der Waals surface area contributed by atoms with Crippen molar-refractivity contribution in [3.05, 3.63) is 59.4 Å². The third-order valence-electron chi connectivity index (χ3n) is 2.79. The predicted molar refractivity (Wildman–Crippen MR) is 75.3 cm³/mol. The van der Waals surface area contributed by atoms with Crippen LogP contribution in [0.5, 0.6) is 11.5 Å². The predicted octanol–water partition coefficient (Wildman–Crippen LogP) is 3.50. The van der Waals surface area contributed by atoms with E-state index >= 15 is 0 Å². The van der Waals surface area contributed by atoms with Gasteiger partial charge in [0, 0.05) is 6.07 Å². The summed E-state index contributed by atoms with van der Waals surface area (Å²) >= 11 is 0. The van der Waals surface area contributed by atoms with Gasteiger partial charge in [0.1, 0.15) is 23.9 Å². The first kappa shape index (κ1) is 14.8. The molecule has 0 saturated carbocycles. The van der Waals surface area contributed by atoms with Gasteiger partial charge in [-0.15, -0.1) is 0 Å². The molecular weight excluding hydrogens is 275 g/mol. The summed E-state index contributed by atoms with van der Waals surface area (Å²) in [6.45, 7) is 2.60. The van der Waals surface area contributed by atoms with Gasteiger partial charge in [-0.05, 0) is 36.8 Å². The lowest BCUT2D eigenvalue weighted by atomic mass is 10.1. The maximum Gasteiger partial charge on any atom is 0.338 e. The lowest BCUT2D eigenvalue weighted by Gasteiger charge is -2.09. The molecular formula is C16H15FO4. The Morgan fingerprint density at radius 1 is 1.14 bits per heavy atom. The normalized spacial score (nSPS) is 10.2. The van der Waals surface area contributed by atoms with Gasteiger partial charge in [-0.25, -0.2) is 9.18 Å². The van der Waals surface area contributed by atoms with Crippen molar-refractivity contribution in [2.24, 2.45) is 0 Å². The lowest BCUT2D eigenvalue weighted by molar-refractivity contribution is 0.0692. The van der Waals surface area contributed by atoms with Crippen LogP contribution in [0.3, 0.4) is 0 Å². The molecule has 0 bridgehead atoms. The Bertz CT molecular complexity index is 640. The van der Waals surface area contributed by atoms with Crippen LogP contribution in [0.15, 0.2) is 42.5 Å². The van der Waals surface area contributed by atoms with Crippen LogP contribution in [-0.4, -0.2) is 17.7 Å². The molecule has 4 nitrogen and oxygen atoms in total. The molecule has 0 unspecified atom stereocenters. The maximum atomic E-state index is 13.5. The Morgan fingerprint density at radius 2 is 1.86 bits per heavy atom. The molecule has 0 aliphatic carbocycles. The van der Waals surface area contributed by atoms with Crippen LogP contribution < -0.4 is 9.47 Å². The van der Waals surface area contributed by atoms with Crippen molar-refractivity contribution in [1.82, 2.24) is 0 Å². The summed E-state index contributed by atoms with van der Waals surface area (Å²) in [5.41, 5.74) is 0.205. The van der Waals surface area contributed by atoms with Gasteiger partial charge < -0.3 is 14.6 Å². The van der Waals surface area contributed by atoms with Crippen molar-refractivity contribution in [3.63, 3.8) is 0 Å². The molecule has 0 fully saturated rings. The molecule has 0 aliphatic heterocycles. The van der Waals surface area contributed by atoms with E-state index < -0.39 is 11.8 Å². The molecule has 0 atom stereocenters. The molecule has 2 aromatic rings. The zero-order chi connectivity index (χ0) is 15.2. The van der Waals surface area contributed by atoms with Gasteiger partial charge in [-0.2, -0.15) is 0 Å². The molecule has 0 heterocycles. The fourth-order valence-corrected chi connectivity index (χ4v) is 1.81. The molecule has 110 valence electrons. The minimum atomic E-state index is -1.29. The van der Waals surface area contributed by atoms with E-state index in [0.717, 1.165) is 6.07 Å². The molecule has 21 heavy (non-hydrogen) atoms. The minimum absolute atomic E-state index is 0.145. The average molecular weight is 290 g/mol. The number of halogens is 1. The van der Waals surface area contributed by atoms with Crippen LogP contribution in [0.1, 0.15) is 22.8 Å². The van der Waals surface area contributed by atoms with Crippen molar-refractivity contribution in [2.75, 3.05) is 6.61 Å². The highest BCUT2D eigenvalue weighted by Gasteiger charge is 2.10. The number of aromatic carboxylic acids is 1. The van der Waals surface area contributed by atoms with Gasteiger partial charge in [0.25, 0.3) is 0 Å². The summed E-state index contributed by atoms with van der Waals surface area (Å²) in [6, 6.07) is 11.0. The lowest BCUT2D eigenvalue weighted by Crippen LogP contribution is -2.03. The monoisotopic (exact) mass is 290 g/mol. The maximum absolute atomic E-state index is 13.5. The van der Waals surface area contributed by atoms with Gasteiger partial charge in [0.15, 0.2) is 0 Å². The number of carboxylic acid groups (broad SMARTS) is 1. The molecule has 5 heteroatoms. The van der Waals surface area contributed by atoms with Crippen molar-refractivity contribution < 1.29 is 23.8 Å². The first-order valence-electron chi connectivity index (χ1n) is 6.47. The molecule has 0 aliphatic rings. The minimum Gasteiger partial charge on any atom is -0.494 e. The highest BCUT2D eigenvalue weighted by atomic mass is 19.1. The molecule has 1 N–H and O–H groups in total. The summed E-state index contributed by atoms with van der Waals surface area (Å²) in [5, 5.41) is 8.76. The zero-order valence-electron chi connectivity index (χ0n) is 11.5. The quantitative estimate of drug-likeness (QED) is 0.884. The van der Waals surface area contributed by atoms with Gasteiger partial charge in [-0.3, -0.25) is 0 Å². The number of hydrogen-bond acceptors (Lipinski definition) is 3. The van der Waals surface area contributed by atoms with Crippen molar-refractivity contribution in [1.29, 1.82) is 0 Å². The molecule has 0 saturated heterocycles. The second-order valence-electron chi connectivity index (χ2n) is 4.32. The van der Waals surface area contributed by atoms with E-state index in [4.69, 9.17) is 14.6 Å². The Morgan fingerprint density at radius 3 is 2.48 bits per heavy atom. The molecule has 0 radical (unpaired) electrons. The van der Waals surface area contributed by atoms with Crippen LogP contribution in [0.4, 0.5) is 4.39 Å². The van der Waals surface area contributed by atoms with Gasteiger partial charge in [0.05, 0.1) is 12.2 Å². The molecule has 0 aromatic heterocycles. The van der Waals surface area contributed by atoms with E-state index in [1.54, 1.807) is 18.2 Å². The number of rotatable bonds is 6. The van der Waals surface area contributed by atoms with Gasteiger partial charge in [0.2, 0.25) is 0 Å². The highest BCUT2D eigenvalue weighted by Crippen LogP contribution is 2.21. The zero-order valence-corrected chi connectivity index (χ0v) is 11.5. The largest absolute Gasteiger partial charge is 0.494 e. The summed E-state index contributed by atoms with van der Waals surface area (Å²) in [7, 11) is 0. The number of carbonyl (C=O) groups is 1. The molecule has 2 aromatic carbocycles. The van der Waals surface area contributed by atoms with Gasteiger partial charge >= 0.3 is 5.97 Å². The standard InChI is InChI=1S/C16H15FO4/c1-2-20-12-4-3-5-13(9-12)21-10-11-6-7-14(16(18)19)15(17)8-11/h3-9H,2,10H2,1H3,(H,18,19). The summed E-state index contributed by atoms with van der Waals surface area (Å²) in [5.74, 6) is -0.762. The second-order valence-corrected chi connectivity index (χ2v) is 4.32. The SMILES string of the molecule is CCOc1cccc(OCc2ccc(C(=O)O)c(F)c2)c1. The summed E-state index contributed by atoms with van der Waals surface area (Å²) in [4.78, 5) is 10.7. The fourth-order valence-electron chi connectivity index (χ4n) is 1.81. The van der Waals surface area contributed by atoms with E-state index in [9.17, 15) is 9.18 Å². The van der Waals surface area contributed by atoms with Crippen LogP contribution >= 0.6 is 0 Å². The van der Waals surface area contributed by atoms with Crippen molar-refractivity contribution in [3.8, 4) is 11.5 Å². The number of hydrogen-bond donors (Lipinski definition) is 1. The van der Waals surface area contributed by atoms with E-state index in [1.807, 2.05) is 13.0 Å². The topological polar surface area (TPSA) is 55.8 Å². The van der Waals surface area contributed by atoms with Crippen LogP contribution in [0, 0.1) is 5.82 Å². The highest BCUT2D eigenvalue weighted by molar-refractivity contribution is 5.87. The Balaban J connectivity index is 2.04. The summed E-state index contributed by atoms with van der Waals surface area (Å²) < 4.78 is 24.4. The smallest absolute Gasteiger partial charge is 0.338 e. The number of benzene rings is 2. The van der Waals surface area contributed by atoms with E-state index in [2.05, 4.69) is 0 Å². The molecule has 0 amide bonds. The van der Waals surface area contributed by atoms with Crippen LogP contribution in [0.2, 0.25) is 0 Å². The Kier molecular flexibility index (Phi) is 4.77. The average Bonchev–Trinajstić information content (AvgIpc) is 2.45. The van der Waals surface area contributed by atoms with E-state index in [0.29, 0.717) is 23.7 Å². The van der Waals surface area contributed by atoms with E-state index in [1.165, 1.54) is 12.1 Å². The van der Waals surface area contributed by atoms with Crippen molar-refractivity contribution in [2.45, 2.75) is 13.5 Å². The number of carboxylic acids is 1. The van der Waals surface area contributed by atoms with E-state index in [-0.39, 0.29) is 12.2 Å². The number of ether oxygens (including phenoxy) is 2. The molecule has 2 rings (SSSR count). The van der Waals surface area contributed by atoms with Crippen LogP contribution in [0.25, 0.3) is 0 Å². The Hall–Kier alpha value is -2.56. The third-order valence-corrected chi connectivity index (χ3v) is 2.79. The fraction of sp³-hybridized carbons (Fsp3) is 0.188. The Labute approximate surface area is 121 Å².